The minimum absolute atomic E-state index is 0.0733. The summed E-state index contributed by atoms with van der Waals surface area (Å²) < 4.78 is 0. The van der Waals surface area contributed by atoms with Crippen LogP contribution in [0.1, 0.15) is 5.56 Å². The van der Waals surface area contributed by atoms with Gasteiger partial charge in [0.2, 0.25) is 0 Å². The van der Waals surface area contributed by atoms with Gasteiger partial charge in [0.1, 0.15) is 11.6 Å². The first-order chi connectivity index (χ1) is 11.3. The topological polar surface area (TPSA) is 52.9 Å². The van der Waals surface area contributed by atoms with Crippen LogP contribution in [0.15, 0.2) is 78.4 Å². The van der Waals surface area contributed by atoms with Gasteiger partial charge in [-0.05, 0) is 40.6 Å². The highest BCUT2D eigenvalue weighted by Crippen LogP contribution is 2.18. The van der Waals surface area contributed by atoms with Gasteiger partial charge in [-0.1, -0.05) is 54.6 Å². The van der Waals surface area contributed by atoms with Crippen molar-refractivity contribution < 1.29 is 4.79 Å². The lowest BCUT2D eigenvalue weighted by molar-refractivity contribution is -0.112. The molecule has 0 aliphatic carbocycles. The average Bonchev–Trinajstić information content (AvgIpc) is 2.60. The Morgan fingerprint density at radius 1 is 0.913 bits per heavy atom. The van der Waals surface area contributed by atoms with E-state index in [1.165, 1.54) is 0 Å². The molecule has 3 rings (SSSR count). The van der Waals surface area contributed by atoms with Gasteiger partial charge >= 0.3 is 0 Å². The highest BCUT2D eigenvalue weighted by atomic mass is 16.1. The van der Waals surface area contributed by atoms with E-state index in [1.54, 1.807) is 18.2 Å². The van der Waals surface area contributed by atoms with E-state index in [-0.39, 0.29) is 5.57 Å². The second-order valence-electron chi connectivity index (χ2n) is 5.10. The highest BCUT2D eigenvalue weighted by molar-refractivity contribution is 6.09. The number of carbonyl (C=O) groups excluding carboxylic acids is 1. The van der Waals surface area contributed by atoms with Gasteiger partial charge in [-0.15, -0.1) is 0 Å². The van der Waals surface area contributed by atoms with Gasteiger partial charge in [0.15, 0.2) is 0 Å². The molecule has 3 aromatic rings. The van der Waals surface area contributed by atoms with Crippen LogP contribution in [0.4, 0.5) is 5.69 Å². The molecular formula is C20H14N2O. The lowest BCUT2D eigenvalue weighted by Gasteiger charge is -2.04. The molecule has 1 N–H and O–H groups in total. The largest absolute Gasteiger partial charge is 0.321 e. The number of anilines is 1. The number of para-hydroxylation sites is 1. The molecule has 1 amide bonds. The Morgan fingerprint density at radius 2 is 1.61 bits per heavy atom. The van der Waals surface area contributed by atoms with E-state index >= 15 is 0 Å². The molecule has 3 heteroatoms. The molecule has 0 radical (unpaired) electrons. The quantitative estimate of drug-likeness (QED) is 0.576. The van der Waals surface area contributed by atoms with E-state index in [0.717, 1.165) is 16.3 Å². The summed E-state index contributed by atoms with van der Waals surface area (Å²) >= 11 is 0. The lowest BCUT2D eigenvalue weighted by Crippen LogP contribution is -2.13. The normalized spacial score (nSPS) is 11.0. The zero-order valence-electron chi connectivity index (χ0n) is 12.4. The van der Waals surface area contributed by atoms with Crippen molar-refractivity contribution >= 4 is 28.4 Å². The molecule has 3 nitrogen and oxygen atoms in total. The molecule has 0 aromatic heterocycles. The number of hydrogen-bond acceptors (Lipinski definition) is 2. The van der Waals surface area contributed by atoms with Crippen molar-refractivity contribution in [3.8, 4) is 6.07 Å². The number of nitrogens with one attached hydrogen (secondary N) is 1. The van der Waals surface area contributed by atoms with Crippen molar-refractivity contribution in [1.82, 2.24) is 0 Å². The molecule has 0 saturated carbocycles. The van der Waals surface area contributed by atoms with Crippen LogP contribution in [0.25, 0.3) is 16.8 Å². The predicted molar refractivity (Wildman–Crippen MR) is 92.6 cm³/mol. The van der Waals surface area contributed by atoms with Gasteiger partial charge in [-0.2, -0.15) is 5.26 Å². The second-order valence-corrected chi connectivity index (χ2v) is 5.10. The Kier molecular flexibility index (Phi) is 4.17. The molecule has 0 aliphatic heterocycles. The van der Waals surface area contributed by atoms with Gasteiger partial charge in [0, 0.05) is 5.69 Å². The molecular weight excluding hydrogens is 284 g/mol. The van der Waals surface area contributed by atoms with Gasteiger partial charge in [0.25, 0.3) is 5.91 Å². The van der Waals surface area contributed by atoms with E-state index in [2.05, 4.69) is 5.32 Å². The van der Waals surface area contributed by atoms with Crippen molar-refractivity contribution in [2.24, 2.45) is 0 Å². The number of rotatable bonds is 3. The molecule has 0 aliphatic rings. The van der Waals surface area contributed by atoms with E-state index in [4.69, 9.17) is 0 Å². The summed E-state index contributed by atoms with van der Waals surface area (Å²) in [6.07, 6.45) is 1.60. The van der Waals surface area contributed by atoms with Crippen LogP contribution in [0, 0.1) is 11.3 Å². The SMILES string of the molecule is N#C/C(=C\c1ccc2ccccc2c1)C(=O)Nc1ccccc1. The predicted octanol–water partition coefficient (Wildman–Crippen LogP) is 4.39. The highest BCUT2D eigenvalue weighted by Gasteiger charge is 2.09. The van der Waals surface area contributed by atoms with Crippen LogP contribution in [-0.4, -0.2) is 5.91 Å². The monoisotopic (exact) mass is 298 g/mol. The summed E-state index contributed by atoms with van der Waals surface area (Å²) in [6, 6.07) is 24.9. The number of hydrogen-bond donors (Lipinski definition) is 1. The van der Waals surface area contributed by atoms with Crippen LogP contribution in [-0.2, 0) is 4.79 Å². The van der Waals surface area contributed by atoms with Crippen LogP contribution in [0.5, 0.6) is 0 Å². The van der Waals surface area contributed by atoms with Crippen molar-refractivity contribution in [3.05, 3.63) is 83.9 Å². The summed E-state index contributed by atoms with van der Waals surface area (Å²) in [7, 11) is 0. The van der Waals surface area contributed by atoms with Crippen LogP contribution in [0.3, 0.4) is 0 Å². The summed E-state index contributed by atoms with van der Waals surface area (Å²) in [5, 5.41) is 14.2. The Bertz CT molecular complexity index is 921. The number of nitriles is 1. The Hall–Kier alpha value is -3.38. The van der Waals surface area contributed by atoms with Crippen molar-refractivity contribution in [2.45, 2.75) is 0 Å². The minimum Gasteiger partial charge on any atom is -0.321 e. The molecule has 0 fully saturated rings. The fraction of sp³-hybridized carbons (Fsp3) is 0. The number of amides is 1. The van der Waals surface area contributed by atoms with Gasteiger partial charge in [-0.25, -0.2) is 0 Å². The van der Waals surface area contributed by atoms with E-state index in [0.29, 0.717) is 5.69 Å². The maximum absolute atomic E-state index is 12.2. The van der Waals surface area contributed by atoms with E-state index in [9.17, 15) is 10.1 Å². The standard InChI is InChI=1S/C20H14N2O/c21-14-18(20(23)22-19-8-2-1-3-9-19)13-15-10-11-16-6-4-5-7-17(16)12-15/h1-13H,(H,22,23)/b18-13+. The number of benzene rings is 3. The Labute approximate surface area is 134 Å². The zero-order chi connectivity index (χ0) is 16.1. The molecule has 23 heavy (non-hydrogen) atoms. The Balaban J connectivity index is 1.88. The lowest BCUT2D eigenvalue weighted by atomic mass is 10.1. The van der Waals surface area contributed by atoms with Crippen molar-refractivity contribution in [2.75, 3.05) is 5.32 Å². The summed E-state index contributed by atoms with van der Waals surface area (Å²) in [5.74, 6) is -0.410. The molecule has 110 valence electrons. The fourth-order valence-corrected chi connectivity index (χ4v) is 2.33. The molecule has 0 atom stereocenters. The smallest absolute Gasteiger partial charge is 0.266 e. The first-order valence-electron chi connectivity index (χ1n) is 7.23. The molecule has 0 saturated heterocycles. The maximum atomic E-state index is 12.2. The maximum Gasteiger partial charge on any atom is 0.266 e. The first-order valence-corrected chi connectivity index (χ1v) is 7.23. The van der Waals surface area contributed by atoms with Gasteiger partial charge < -0.3 is 5.32 Å². The molecule has 0 spiro atoms. The summed E-state index contributed by atoms with van der Waals surface area (Å²) in [5.41, 5.74) is 1.56. The number of carbonyl (C=O) groups is 1. The van der Waals surface area contributed by atoms with Crippen LogP contribution >= 0.6 is 0 Å². The van der Waals surface area contributed by atoms with Crippen molar-refractivity contribution in [1.29, 1.82) is 5.26 Å². The van der Waals surface area contributed by atoms with Crippen LogP contribution < -0.4 is 5.32 Å². The third kappa shape index (κ3) is 3.45. The zero-order valence-corrected chi connectivity index (χ0v) is 12.4. The fourth-order valence-electron chi connectivity index (χ4n) is 2.33. The average molecular weight is 298 g/mol. The minimum atomic E-state index is -0.410. The summed E-state index contributed by atoms with van der Waals surface area (Å²) in [4.78, 5) is 12.2. The third-order valence-electron chi connectivity index (χ3n) is 3.48. The van der Waals surface area contributed by atoms with E-state index in [1.807, 2.05) is 66.7 Å². The molecule has 0 heterocycles. The molecule has 0 bridgehead atoms. The molecule has 3 aromatic carbocycles. The second kappa shape index (κ2) is 6.59. The first kappa shape index (κ1) is 14.6. The third-order valence-corrected chi connectivity index (χ3v) is 3.48. The van der Waals surface area contributed by atoms with Crippen LogP contribution in [0.2, 0.25) is 0 Å². The summed E-state index contributed by atoms with van der Waals surface area (Å²) in [6.45, 7) is 0. The Morgan fingerprint density at radius 3 is 2.35 bits per heavy atom. The van der Waals surface area contributed by atoms with E-state index < -0.39 is 5.91 Å². The van der Waals surface area contributed by atoms with Crippen molar-refractivity contribution in [3.63, 3.8) is 0 Å². The van der Waals surface area contributed by atoms with Gasteiger partial charge in [-0.3, -0.25) is 4.79 Å². The van der Waals surface area contributed by atoms with Gasteiger partial charge in [0.05, 0.1) is 0 Å². The molecule has 0 unspecified atom stereocenters. The number of fused-ring (bicyclic) bond motifs is 1. The number of nitrogens with zero attached hydrogens (tertiary/aromatic N) is 1.